The van der Waals surface area contributed by atoms with Crippen molar-refractivity contribution in [1.29, 1.82) is 0 Å². The number of halogens is 2. The number of rotatable bonds is 4. The van der Waals surface area contributed by atoms with Crippen molar-refractivity contribution in [3.63, 3.8) is 0 Å². The summed E-state index contributed by atoms with van der Waals surface area (Å²) in [5.41, 5.74) is -0.0733. The van der Waals surface area contributed by atoms with Crippen molar-refractivity contribution >= 4 is 24.2 Å². The van der Waals surface area contributed by atoms with Crippen LogP contribution in [0.2, 0.25) is 0 Å². The highest BCUT2D eigenvalue weighted by atomic mass is 35.5. The van der Waals surface area contributed by atoms with Crippen molar-refractivity contribution in [2.75, 3.05) is 39.8 Å². The zero-order valence-electron chi connectivity index (χ0n) is 14.9. The molecule has 2 heterocycles. The second-order valence-corrected chi connectivity index (χ2v) is 6.62. The van der Waals surface area contributed by atoms with Crippen LogP contribution in [0.1, 0.15) is 18.4 Å². The molecule has 2 amide bonds. The van der Waals surface area contributed by atoms with E-state index in [2.05, 4.69) is 5.32 Å². The van der Waals surface area contributed by atoms with Gasteiger partial charge in [0.15, 0.2) is 0 Å². The van der Waals surface area contributed by atoms with Gasteiger partial charge < -0.3 is 19.9 Å². The van der Waals surface area contributed by atoms with Crippen molar-refractivity contribution in [1.82, 2.24) is 15.1 Å². The molecule has 8 heteroatoms. The van der Waals surface area contributed by atoms with E-state index in [1.54, 1.807) is 29.0 Å². The molecular formula is C18H25ClFN3O3. The number of nitrogens with one attached hydrogen (secondary N) is 1. The molecule has 2 aliphatic heterocycles. The Kier molecular flexibility index (Phi) is 6.97. The summed E-state index contributed by atoms with van der Waals surface area (Å²) in [5, 5.41) is 3.22. The lowest BCUT2D eigenvalue weighted by molar-refractivity contribution is -0.164. The molecule has 1 N–H and O–H groups in total. The molecule has 0 atom stereocenters. The highest BCUT2D eigenvalue weighted by Crippen LogP contribution is 2.26. The van der Waals surface area contributed by atoms with Crippen molar-refractivity contribution in [3.8, 4) is 0 Å². The maximum Gasteiger partial charge on any atom is 0.255 e. The van der Waals surface area contributed by atoms with Crippen LogP contribution in [0.3, 0.4) is 0 Å². The smallest absolute Gasteiger partial charge is 0.255 e. The second-order valence-electron chi connectivity index (χ2n) is 6.62. The SMILES string of the molecule is COC1(C(=O)N2CCN(Cc3cccc(F)c3)C(=O)C2)CCNCC1.Cl. The molecule has 26 heavy (non-hydrogen) atoms. The summed E-state index contributed by atoms with van der Waals surface area (Å²) in [6.07, 6.45) is 1.22. The number of ether oxygens (including phenoxy) is 1. The summed E-state index contributed by atoms with van der Waals surface area (Å²) in [6.45, 7) is 2.78. The van der Waals surface area contributed by atoms with Crippen LogP contribution in [0.25, 0.3) is 0 Å². The minimum absolute atomic E-state index is 0. The third kappa shape index (κ3) is 4.34. The number of carbonyl (C=O) groups excluding carboxylic acids is 2. The maximum atomic E-state index is 13.3. The predicted molar refractivity (Wildman–Crippen MR) is 97.5 cm³/mol. The molecule has 0 radical (unpaired) electrons. The molecule has 0 spiro atoms. The zero-order chi connectivity index (χ0) is 17.9. The van der Waals surface area contributed by atoms with E-state index in [9.17, 15) is 14.0 Å². The molecular weight excluding hydrogens is 361 g/mol. The van der Waals surface area contributed by atoms with E-state index < -0.39 is 5.60 Å². The van der Waals surface area contributed by atoms with Gasteiger partial charge in [-0.15, -0.1) is 12.4 Å². The highest BCUT2D eigenvalue weighted by molar-refractivity contribution is 5.90. The van der Waals surface area contributed by atoms with Crippen LogP contribution in [0.15, 0.2) is 24.3 Å². The lowest BCUT2D eigenvalue weighted by Crippen LogP contribution is -2.60. The van der Waals surface area contributed by atoms with Crippen molar-refractivity contribution in [3.05, 3.63) is 35.6 Å². The van der Waals surface area contributed by atoms with Gasteiger partial charge in [0, 0.05) is 26.7 Å². The molecule has 0 bridgehead atoms. The van der Waals surface area contributed by atoms with Gasteiger partial charge in [-0.2, -0.15) is 0 Å². The van der Waals surface area contributed by atoms with E-state index in [1.807, 2.05) is 0 Å². The standard InChI is InChI=1S/C18H24FN3O3.ClH/c1-25-18(5-7-20-8-6-18)17(24)22-10-9-21(16(23)13-22)12-14-3-2-4-15(19)11-14;/h2-4,11,20H,5-10,12-13H2,1H3;1H. The highest BCUT2D eigenvalue weighted by Gasteiger charge is 2.44. The van der Waals surface area contributed by atoms with Gasteiger partial charge in [-0.05, 0) is 43.6 Å². The summed E-state index contributed by atoms with van der Waals surface area (Å²) >= 11 is 0. The first-order valence-electron chi connectivity index (χ1n) is 8.61. The fourth-order valence-electron chi connectivity index (χ4n) is 3.53. The van der Waals surface area contributed by atoms with E-state index in [4.69, 9.17) is 4.74 Å². The van der Waals surface area contributed by atoms with E-state index in [1.165, 1.54) is 12.1 Å². The van der Waals surface area contributed by atoms with E-state index in [0.29, 0.717) is 32.5 Å². The first-order valence-corrected chi connectivity index (χ1v) is 8.61. The Balaban J connectivity index is 0.00000243. The Hall–Kier alpha value is -1.70. The fourth-order valence-corrected chi connectivity index (χ4v) is 3.53. The van der Waals surface area contributed by atoms with Gasteiger partial charge in [0.2, 0.25) is 5.91 Å². The van der Waals surface area contributed by atoms with Gasteiger partial charge in [0.25, 0.3) is 5.91 Å². The Labute approximate surface area is 159 Å². The molecule has 1 aromatic carbocycles. The Bertz CT molecular complexity index is 652. The Morgan fingerprint density at radius 1 is 1.31 bits per heavy atom. The average Bonchev–Trinajstić information content (AvgIpc) is 2.63. The van der Waals surface area contributed by atoms with Gasteiger partial charge in [-0.3, -0.25) is 9.59 Å². The Morgan fingerprint density at radius 2 is 2.04 bits per heavy atom. The van der Waals surface area contributed by atoms with Crippen LogP contribution in [0.4, 0.5) is 4.39 Å². The minimum Gasteiger partial charge on any atom is -0.368 e. The van der Waals surface area contributed by atoms with Gasteiger partial charge in [0.05, 0.1) is 6.54 Å². The first kappa shape index (κ1) is 20.6. The van der Waals surface area contributed by atoms with E-state index >= 15 is 0 Å². The van der Waals surface area contributed by atoms with Gasteiger partial charge in [0.1, 0.15) is 11.4 Å². The van der Waals surface area contributed by atoms with Crippen molar-refractivity contribution in [2.24, 2.45) is 0 Å². The second kappa shape index (κ2) is 8.79. The molecule has 0 saturated carbocycles. The van der Waals surface area contributed by atoms with Crippen LogP contribution in [-0.4, -0.2) is 67.0 Å². The van der Waals surface area contributed by atoms with Gasteiger partial charge in [-0.1, -0.05) is 12.1 Å². The van der Waals surface area contributed by atoms with Crippen LogP contribution in [0, 0.1) is 5.82 Å². The number of nitrogens with zero attached hydrogens (tertiary/aromatic N) is 2. The van der Waals surface area contributed by atoms with Gasteiger partial charge >= 0.3 is 0 Å². The number of hydrogen-bond acceptors (Lipinski definition) is 4. The van der Waals surface area contributed by atoms with E-state index in [0.717, 1.165) is 18.7 Å². The van der Waals surface area contributed by atoms with Crippen LogP contribution in [-0.2, 0) is 20.9 Å². The monoisotopic (exact) mass is 385 g/mol. The fraction of sp³-hybridized carbons (Fsp3) is 0.556. The van der Waals surface area contributed by atoms with Crippen molar-refractivity contribution in [2.45, 2.75) is 25.0 Å². The topological polar surface area (TPSA) is 61.9 Å². The number of piperidine rings is 1. The van der Waals surface area contributed by atoms with Crippen molar-refractivity contribution < 1.29 is 18.7 Å². The van der Waals surface area contributed by atoms with Crippen LogP contribution >= 0.6 is 12.4 Å². The average molecular weight is 386 g/mol. The summed E-state index contributed by atoms with van der Waals surface area (Å²) < 4.78 is 18.9. The molecule has 2 saturated heterocycles. The number of methoxy groups -OCH3 is 1. The third-order valence-electron chi connectivity index (χ3n) is 5.06. The number of carbonyl (C=O) groups is 2. The van der Waals surface area contributed by atoms with E-state index in [-0.39, 0.29) is 36.6 Å². The molecule has 0 aliphatic carbocycles. The molecule has 3 rings (SSSR count). The van der Waals surface area contributed by atoms with Crippen LogP contribution in [0.5, 0.6) is 0 Å². The van der Waals surface area contributed by atoms with Crippen LogP contribution < -0.4 is 5.32 Å². The molecule has 6 nitrogen and oxygen atoms in total. The molecule has 1 aromatic rings. The summed E-state index contributed by atoms with van der Waals surface area (Å²) in [5.74, 6) is -0.536. The predicted octanol–water partition coefficient (Wildman–Crippen LogP) is 1.19. The first-order chi connectivity index (χ1) is 12.0. The maximum absolute atomic E-state index is 13.3. The summed E-state index contributed by atoms with van der Waals surface area (Å²) in [7, 11) is 1.56. The summed E-state index contributed by atoms with van der Waals surface area (Å²) in [6, 6.07) is 6.24. The zero-order valence-corrected chi connectivity index (χ0v) is 15.7. The Morgan fingerprint density at radius 3 is 2.65 bits per heavy atom. The normalized spacial score (nSPS) is 19.8. The summed E-state index contributed by atoms with van der Waals surface area (Å²) in [4.78, 5) is 28.6. The lowest BCUT2D eigenvalue weighted by atomic mass is 9.90. The quantitative estimate of drug-likeness (QED) is 0.845. The number of benzene rings is 1. The largest absolute Gasteiger partial charge is 0.368 e. The lowest BCUT2D eigenvalue weighted by Gasteiger charge is -2.41. The molecule has 0 aromatic heterocycles. The number of hydrogen-bond donors (Lipinski definition) is 1. The minimum atomic E-state index is -0.823. The third-order valence-corrected chi connectivity index (χ3v) is 5.06. The molecule has 0 unspecified atom stereocenters. The molecule has 2 fully saturated rings. The molecule has 144 valence electrons. The molecule has 2 aliphatic rings. The number of amides is 2. The number of piperazine rings is 1. The van der Waals surface area contributed by atoms with Gasteiger partial charge in [-0.25, -0.2) is 4.39 Å².